The molecule has 2 aromatic rings. The van der Waals surface area contributed by atoms with Crippen LogP contribution in [0.1, 0.15) is 31.4 Å². The molecule has 2 N–H and O–H groups in total. The number of ether oxygens (including phenoxy) is 1. The monoisotopic (exact) mass is 338 g/mol. The Morgan fingerprint density at radius 1 is 1.20 bits per heavy atom. The van der Waals surface area contributed by atoms with E-state index in [0.717, 1.165) is 5.56 Å². The maximum absolute atomic E-state index is 12.0. The van der Waals surface area contributed by atoms with Gasteiger partial charge in [-0.3, -0.25) is 4.79 Å². The first kappa shape index (κ1) is 18.5. The van der Waals surface area contributed by atoms with E-state index in [1.807, 2.05) is 26.8 Å². The highest BCUT2D eigenvalue weighted by Crippen LogP contribution is 2.26. The van der Waals surface area contributed by atoms with Crippen LogP contribution < -0.4 is 10.1 Å². The lowest BCUT2D eigenvalue weighted by Crippen LogP contribution is -2.23. The predicted octanol–water partition coefficient (Wildman–Crippen LogP) is 4.00. The maximum atomic E-state index is 12.0. The molecule has 1 unspecified atom stereocenters. The standard InChI is InChI=1S/C20H22N2O3/c1-13(2)19(23)11-20(24)22-18-9-8-17(10-14(18)3)25-16-6-4-15(12-21)5-7-16/h4-10,13,19,23H,11H2,1-3H3,(H,22,24). The van der Waals surface area contributed by atoms with Gasteiger partial charge >= 0.3 is 0 Å². The van der Waals surface area contributed by atoms with Gasteiger partial charge in [0.05, 0.1) is 24.2 Å². The number of hydrogen-bond acceptors (Lipinski definition) is 4. The predicted molar refractivity (Wildman–Crippen MR) is 96.5 cm³/mol. The minimum atomic E-state index is -0.653. The van der Waals surface area contributed by atoms with Gasteiger partial charge in [0.2, 0.25) is 5.91 Å². The van der Waals surface area contributed by atoms with Crippen molar-refractivity contribution >= 4 is 11.6 Å². The molecule has 2 aromatic carbocycles. The molecule has 0 aliphatic rings. The van der Waals surface area contributed by atoms with Crippen LogP contribution in [0.3, 0.4) is 0 Å². The van der Waals surface area contributed by atoms with Gasteiger partial charge in [-0.1, -0.05) is 13.8 Å². The van der Waals surface area contributed by atoms with Crippen LogP contribution >= 0.6 is 0 Å². The van der Waals surface area contributed by atoms with Gasteiger partial charge in [0, 0.05) is 5.69 Å². The number of nitrogens with zero attached hydrogens (tertiary/aromatic N) is 1. The average Bonchev–Trinajstić information content (AvgIpc) is 2.58. The Bertz CT molecular complexity index is 777. The number of carbonyl (C=O) groups excluding carboxylic acids is 1. The van der Waals surface area contributed by atoms with E-state index in [1.165, 1.54) is 0 Å². The van der Waals surface area contributed by atoms with Crippen LogP contribution in [0.15, 0.2) is 42.5 Å². The molecule has 1 atom stereocenters. The number of aryl methyl sites for hydroxylation is 1. The van der Waals surface area contributed by atoms with E-state index < -0.39 is 6.10 Å². The van der Waals surface area contributed by atoms with Crippen molar-refractivity contribution in [2.24, 2.45) is 5.92 Å². The molecule has 0 aliphatic carbocycles. The lowest BCUT2D eigenvalue weighted by Gasteiger charge is -2.15. The van der Waals surface area contributed by atoms with Crippen molar-refractivity contribution in [1.82, 2.24) is 0 Å². The molecule has 5 nitrogen and oxygen atoms in total. The summed E-state index contributed by atoms with van der Waals surface area (Å²) in [7, 11) is 0. The molecule has 0 bridgehead atoms. The van der Waals surface area contributed by atoms with Crippen molar-refractivity contribution in [3.8, 4) is 17.6 Å². The van der Waals surface area contributed by atoms with Gasteiger partial charge in [-0.05, 0) is 60.9 Å². The van der Waals surface area contributed by atoms with E-state index in [1.54, 1.807) is 36.4 Å². The second kappa shape index (κ2) is 8.32. The number of nitriles is 1. The Hall–Kier alpha value is -2.84. The Morgan fingerprint density at radius 2 is 1.84 bits per heavy atom. The molecule has 25 heavy (non-hydrogen) atoms. The molecule has 0 saturated heterocycles. The van der Waals surface area contributed by atoms with Crippen LogP contribution in [-0.2, 0) is 4.79 Å². The second-order valence-corrected chi connectivity index (χ2v) is 6.28. The van der Waals surface area contributed by atoms with Crippen LogP contribution in [0.2, 0.25) is 0 Å². The van der Waals surface area contributed by atoms with E-state index in [4.69, 9.17) is 10.00 Å². The van der Waals surface area contributed by atoms with E-state index >= 15 is 0 Å². The third kappa shape index (κ3) is 5.33. The van der Waals surface area contributed by atoms with Gasteiger partial charge in [-0.15, -0.1) is 0 Å². The molecule has 0 heterocycles. The van der Waals surface area contributed by atoms with E-state index in [9.17, 15) is 9.90 Å². The number of aliphatic hydroxyl groups excluding tert-OH is 1. The fraction of sp³-hybridized carbons (Fsp3) is 0.300. The molecule has 1 amide bonds. The third-order valence-electron chi connectivity index (χ3n) is 3.86. The quantitative estimate of drug-likeness (QED) is 0.834. The summed E-state index contributed by atoms with van der Waals surface area (Å²) in [6, 6.07) is 14.3. The van der Waals surface area contributed by atoms with Crippen molar-refractivity contribution in [2.75, 3.05) is 5.32 Å². The largest absolute Gasteiger partial charge is 0.457 e. The van der Waals surface area contributed by atoms with Crippen LogP contribution in [-0.4, -0.2) is 17.1 Å². The molecule has 2 rings (SSSR count). The molecular formula is C20H22N2O3. The zero-order valence-corrected chi connectivity index (χ0v) is 14.6. The van der Waals surface area contributed by atoms with E-state index in [0.29, 0.717) is 22.7 Å². The summed E-state index contributed by atoms with van der Waals surface area (Å²) in [6.45, 7) is 5.62. The van der Waals surface area contributed by atoms with Gasteiger partial charge in [-0.25, -0.2) is 0 Å². The average molecular weight is 338 g/mol. The van der Waals surface area contributed by atoms with Crippen LogP contribution in [0.25, 0.3) is 0 Å². The van der Waals surface area contributed by atoms with Gasteiger partial charge < -0.3 is 15.2 Å². The molecule has 0 aromatic heterocycles. The van der Waals surface area contributed by atoms with Crippen molar-refractivity contribution in [2.45, 2.75) is 33.3 Å². The first-order valence-corrected chi connectivity index (χ1v) is 8.15. The number of aliphatic hydroxyl groups is 1. The van der Waals surface area contributed by atoms with Crippen molar-refractivity contribution < 1.29 is 14.6 Å². The number of amides is 1. The highest BCUT2D eigenvalue weighted by molar-refractivity contribution is 5.91. The summed E-state index contributed by atoms with van der Waals surface area (Å²) >= 11 is 0. The summed E-state index contributed by atoms with van der Waals surface area (Å²) in [5.41, 5.74) is 2.12. The van der Waals surface area contributed by atoms with Crippen molar-refractivity contribution in [3.63, 3.8) is 0 Å². The second-order valence-electron chi connectivity index (χ2n) is 6.28. The van der Waals surface area contributed by atoms with Gasteiger partial charge in [0.25, 0.3) is 0 Å². The zero-order valence-electron chi connectivity index (χ0n) is 14.6. The summed E-state index contributed by atoms with van der Waals surface area (Å²) in [5.74, 6) is 1.10. The molecule has 0 spiro atoms. The van der Waals surface area contributed by atoms with Crippen LogP contribution in [0.4, 0.5) is 5.69 Å². The van der Waals surface area contributed by atoms with Gasteiger partial charge in [0.1, 0.15) is 11.5 Å². The Kier molecular flexibility index (Phi) is 6.15. The number of benzene rings is 2. The summed E-state index contributed by atoms with van der Waals surface area (Å²) in [6.07, 6.45) is -0.583. The van der Waals surface area contributed by atoms with Crippen molar-refractivity contribution in [3.05, 3.63) is 53.6 Å². The number of anilines is 1. The minimum Gasteiger partial charge on any atom is -0.457 e. The zero-order chi connectivity index (χ0) is 18.4. The van der Waals surface area contributed by atoms with E-state index in [-0.39, 0.29) is 18.2 Å². The number of rotatable bonds is 6. The summed E-state index contributed by atoms with van der Waals surface area (Å²) in [5, 5.41) is 21.4. The molecule has 130 valence electrons. The molecule has 0 radical (unpaired) electrons. The number of hydrogen-bond donors (Lipinski definition) is 2. The number of nitrogens with one attached hydrogen (secondary N) is 1. The SMILES string of the molecule is Cc1cc(Oc2ccc(C#N)cc2)ccc1NC(=O)CC(O)C(C)C. The molecule has 5 heteroatoms. The Morgan fingerprint density at radius 3 is 2.40 bits per heavy atom. The lowest BCUT2D eigenvalue weighted by atomic mass is 10.0. The van der Waals surface area contributed by atoms with Crippen LogP contribution in [0, 0.1) is 24.2 Å². The first-order chi connectivity index (χ1) is 11.9. The fourth-order valence-electron chi connectivity index (χ4n) is 2.20. The van der Waals surface area contributed by atoms with Gasteiger partial charge in [-0.2, -0.15) is 5.26 Å². The molecular weight excluding hydrogens is 316 g/mol. The molecule has 0 fully saturated rings. The first-order valence-electron chi connectivity index (χ1n) is 8.15. The highest BCUT2D eigenvalue weighted by atomic mass is 16.5. The van der Waals surface area contributed by atoms with Gasteiger partial charge in [0.15, 0.2) is 0 Å². The topological polar surface area (TPSA) is 82.3 Å². The third-order valence-corrected chi connectivity index (χ3v) is 3.86. The normalized spacial score (nSPS) is 11.7. The smallest absolute Gasteiger partial charge is 0.226 e. The maximum Gasteiger partial charge on any atom is 0.226 e. The molecule has 0 aliphatic heterocycles. The Labute approximate surface area is 147 Å². The summed E-state index contributed by atoms with van der Waals surface area (Å²) in [4.78, 5) is 12.0. The van der Waals surface area contributed by atoms with Crippen molar-refractivity contribution in [1.29, 1.82) is 5.26 Å². The fourth-order valence-corrected chi connectivity index (χ4v) is 2.20. The number of carbonyl (C=O) groups is 1. The Balaban J connectivity index is 2.02. The van der Waals surface area contributed by atoms with Crippen LogP contribution in [0.5, 0.6) is 11.5 Å². The lowest BCUT2D eigenvalue weighted by molar-refractivity contribution is -0.118. The highest BCUT2D eigenvalue weighted by Gasteiger charge is 2.15. The summed E-state index contributed by atoms with van der Waals surface area (Å²) < 4.78 is 5.75. The molecule has 0 saturated carbocycles. The van der Waals surface area contributed by atoms with E-state index in [2.05, 4.69) is 11.4 Å². The minimum absolute atomic E-state index is 0.0371.